The van der Waals surface area contributed by atoms with Crippen molar-refractivity contribution in [2.24, 2.45) is 0 Å². The topological polar surface area (TPSA) is 223 Å². The molecule has 0 saturated heterocycles. The Kier molecular flexibility index (Phi) is 11.2. The summed E-state index contributed by atoms with van der Waals surface area (Å²) >= 11 is 0. The van der Waals surface area contributed by atoms with Gasteiger partial charge in [-0.1, -0.05) is 48.5 Å². The number of hydrogen-bond acceptors (Lipinski definition) is 7. The Morgan fingerprint density at radius 1 is 0.344 bits per heavy atom. The minimum absolute atomic E-state index is 0.147. The van der Waals surface area contributed by atoms with Crippen molar-refractivity contribution < 1.29 is 49.0 Å². The molecule has 2 unspecified atom stereocenters. The normalized spacial score (nSPS) is 16.8. The fourth-order valence-corrected chi connectivity index (χ4v) is 8.54. The quantitative estimate of drug-likeness (QED) is 0.0556. The SMILES string of the molecule is O=C(O)COc1ccc(C2c3ccc([nH]3)C(c3ccc(O)cc3)c3ccc([nH]3)C(c3ccc(OCC(=O)O)cc3)c3ccc([nH]3)C(c3ccc(OCC(=O)O)cc3)c3ccc2[nH]3)cc1. The van der Waals surface area contributed by atoms with E-state index >= 15 is 0 Å². The van der Waals surface area contributed by atoms with Crippen LogP contribution in [0.1, 0.15) is 91.5 Å². The molecule has 1 aliphatic heterocycles. The van der Waals surface area contributed by atoms with Gasteiger partial charge in [0.05, 0.1) is 23.7 Å². The van der Waals surface area contributed by atoms with Crippen LogP contribution in [0.5, 0.6) is 23.0 Å². The van der Waals surface area contributed by atoms with Crippen LogP contribution in [0.3, 0.4) is 0 Å². The Labute approximate surface area is 365 Å². The second kappa shape index (κ2) is 17.5. The lowest BCUT2D eigenvalue weighted by atomic mass is 9.92. The van der Waals surface area contributed by atoms with Crippen LogP contribution in [0, 0.1) is 0 Å². The second-order valence-corrected chi connectivity index (χ2v) is 15.6. The zero-order chi connectivity index (χ0) is 44.3. The van der Waals surface area contributed by atoms with Crippen LogP contribution in [-0.4, -0.2) is 78.1 Å². The van der Waals surface area contributed by atoms with Crippen LogP contribution in [0.15, 0.2) is 146 Å². The fourth-order valence-electron chi connectivity index (χ4n) is 8.54. The number of nitrogens with one attached hydrogen (secondary N) is 4. The first-order valence-electron chi connectivity index (χ1n) is 20.4. The summed E-state index contributed by atoms with van der Waals surface area (Å²) in [7, 11) is 0. The third kappa shape index (κ3) is 8.70. The van der Waals surface area contributed by atoms with Crippen LogP contribution in [0.4, 0.5) is 0 Å². The van der Waals surface area contributed by atoms with Gasteiger partial charge in [0.1, 0.15) is 23.0 Å². The van der Waals surface area contributed by atoms with E-state index in [9.17, 15) is 34.8 Å². The van der Waals surface area contributed by atoms with Crippen LogP contribution in [-0.2, 0) is 14.4 Å². The van der Waals surface area contributed by atoms with Crippen molar-refractivity contribution in [2.45, 2.75) is 23.7 Å². The number of carbonyl (C=O) groups is 3. The molecule has 0 amide bonds. The van der Waals surface area contributed by atoms with Crippen molar-refractivity contribution in [3.63, 3.8) is 0 Å². The lowest BCUT2D eigenvalue weighted by Gasteiger charge is -2.21. The predicted octanol–water partition coefficient (Wildman–Crippen LogP) is 8.13. The molecular formula is C50H42N4O10. The van der Waals surface area contributed by atoms with Crippen molar-refractivity contribution in [1.82, 2.24) is 19.9 Å². The number of phenols is 1. The first-order valence-corrected chi connectivity index (χ1v) is 20.4. The smallest absolute Gasteiger partial charge is 0.341 e. The molecule has 0 radical (unpaired) electrons. The third-order valence-electron chi connectivity index (χ3n) is 11.4. The van der Waals surface area contributed by atoms with E-state index in [2.05, 4.69) is 68.5 Å². The summed E-state index contributed by atoms with van der Waals surface area (Å²) in [5.74, 6) is -3.18. The number of hydrogen-bond donors (Lipinski definition) is 8. The van der Waals surface area contributed by atoms with E-state index in [1.165, 1.54) is 0 Å². The average molecular weight is 859 g/mol. The van der Waals surface area contributed by atoms with E-state index in [0.29, 0.717) is 17.2 Å². The molecule has 4 aromatic heterocycles. The van der Waals surface area contributed by atoms with Crippen molar-refractivity contribution in [1.29, 1.82) is 0 Å². The zero-order valence-electron chi connectivity index (χ0n) is 34.0. The number of carboxylic acid groups (broad SMARTS) is 3. The molecule has 322 valence electrons. The van der Waals surface area contributed by atoms with Gasteiger partial charge in [0, 0.05) is 45.6 Å². The predicted molar refractivity (Wildman–Crippen MR) is 234 cm³/mol. The largest absolute Gasteiger partial charge is 0.508 e. The van der Waals surface area contributed by atoms with E-state index in [4.69, 9.17) is 14.2 Å². The van der Waals surface area contributed by atoms with Gasteiger partial charge in [0.15, 0.2) is 19.8 Å². The van der Waals surface area contributed by atoms with E-state index < -0.39 is 37.7 Å². The third-order valence-corrected chi connectivity index (χ3v) is 11.4. The van der Waals surface area contributed by atoms with E-state index in [0.717, 1.165) is 67.8 Å². The number of aromatic amines is 4. The number of aromatic nitrogens is 4. The van der Waals surface area contributed by atoms with Gasteiger partial charge in [0.2, 0.25) is 0 Å². The summed E-state index contributed by atoms with van der Waals surface area (Å²) in [6, 6.07) is 45.7. The monoisotopic (exact) mass is 858 g/mol. The van der Waals surface area contributed by atoms with E-state index in [-0.39, 0.29) is 29.4 Å². The molecule has 4 aromatic carbocycles. The number of fused-ring (bicyclic) bond motifs is 8. The summed E-state index contributed by atoms with van der Waals surface area (Å²) in [6.07, 6.45) is 0. The molecule has 0 spiro atoms. The maximum atomic E-state index is 11.3. The lowest BCUT2D eigenvalue weighted by Crippen LogP contribution is -2.11. The Morgan fingerprint density at radius 2 is 0.547 bits per heavy atom. The maximum Gasteiger partial charge on any atom is 0.341 e. The molecular weight excluding hydrogens is 817 g/mol. The lowest BCUT2D eigenvalue weighted by molar-refractivity contribution is -0.140. The van der Waals surface area contributed by atoms with Crippen LogP contribution < -0.4 is 14.2 Å². The molecule has 8 aromatic rings. The fraction of sp³-hybridized carbons (Fsp3) is 0.140. The number of ether oxygens (including phenoxy) is 3. The highest BCUT2D eigenvalue weighted by Gasteiger charge is 2.30. The van der Waals surface area contributed by atoms with Gasteiger partial charge < -0.3 is 54.6 Å². The Balaban J connectivity index is 1.22. The van der Waals surface area contributed by atoms with Gasteiger partial charge in [-0.25, -0.2) is 14.4 Å². The minimum atomic E-state index is -1.08. The highest BCUT2D eigenvalue weighted by atomic mass is 16.5. The van der Waals surface area contributed by atoms with Gasteiger partial charge in [-0.3, -0.25) is 0 Å². The number of aliphatic carboxylic acids is 3. The molecule has 2 atom stereocenters. The number of aromatic hydroxyl groups is 1. The number of rotatable bonds is 13. The number of benzene rings is 4. The van der Waals surface area contributed by atoms with Crippen LogP contribution in [0.2, 0.25) is 0 Å². The highest BCUT2D eigenvalue weighted by molar-refractivity contribution is 5.69. The molecule has 0 fully saturated rings. The first-order chi connectivity index (χ1) is 31.1. The summed E-state index contributed by atoms with van der Waals surface area (Å²) in [5, 5.41) is 37.9. The number of H-pyrrole nitrogens is 4. The molecule has 14 nitrogen and oxygen atoms in total. The Hall–Kier alpha value is -8.39. The Bertz CT molecular complexity index is 2760. The van der Waals surface area contributed by atoms with Crippen LogP contribution >= 0.6 is 0 Å². The molecule has 1 aliphatic rings. The average Bonchev–Trinajstić information content (AvgIpc) is 4.14. The van der Waals surface area contributed by atoms with Gasteiger partial charge in [-0.15, -0.1) is 0 Å². The van der Waals surface area contributed by atoms with Gasteiger partial charge >= 0.3 is 17.9 Å². The van der Waals surface area contributed by atoms with Crippen LogP contribution in [0.25, 0.3) is 0 Å². The molecule has 8 bridgehead atoms. The van der Waals surface area contributed by atoms with Gasteiger partial charge in [0.25, 0.3) is 0 Å². The minimum Gasteiger partial charge on any atom is -0.508 e. The molecule has 9 rings (SSSR count). The van der Waals surface area contributed by atoms with Crippen molar-refractivity contribution >= 4 is 17.9 Å². The number of carboxylic acids is 3. The van der Waals surface area contributed by atoms with Gasteiger partial charge in [-0.05, 0) is 119 Å². The molecule has 64 heavy (non-hydrogen) atoms. The van der Waals surface area contributed by atoms with Crippen molar-refractivity contribution in [3.05, 3.63) is 213 Å². The summed E-state index contributed by atoms with van der Waals surface area (Å²) < 4.78 is 16.4. The Morgan fingerprint density at radius 3 is 0.750 bits per heavy atom. The van der Waals surface area contributed by atoms with E-state index in [1.807, 2.05) is 48.5 Å². The summed E-state index contributed by atoms with van der Waals surface area (Å²) in [5.41, 5.74) is 10.7. The second-order valence-electron chi connectivity index (χ2n) is 15.6. The standard InChI is InChI=1S/C50H42N4O10/c55-32-9-1-28(2-10-32)47-36-17-19-38(51-36)48(29-3-11-33(12-4-29)62-25-44(56)57)40-21-23-42(53-40)50(31-7-15-35(16-8-31)64-27-46(60)61)43-24-22-41(54-43)49(39-20-18-37(47)52-39)30-5-13-34(14-6-30)63-26-45(58)59/h1-24,47-55H,25-27H2,(H,56,57)(H,58,59)(H,60,61). The van der Waals surface area contributed by atoms with E-state index in [1.54, 1.807) is 48.5 Å². The number of phenolic OH excluding ortho intramolecular Hbond substituents is 1. The van der Waals surface area contributed by atoms with Crippen molar-refractivity contribution in [2.75, 3.05) is 19.8 Å². The molecule has 0 saturated carbocycles. The first kappa shape index (κ1) is 41.0. The van der Waals surface area contributed by atoms with Gasteiger partial charge in [-0.2, -0.15) is 0 Å². The highest BCUT2D eigenvalue weighted by Crippen LogP contribution is 2.42. The molecule has 5 heterocycles. The molecule has 14 heteroatoms. The maximum absolute atomic E-state index is 11.3. The molecule has 0 aliphatic carbocycles. The summed E-state index contributed by atoms with van der Waals surface area (Å²) in [6.45, 7) is -1.40. The zero-order valence-corrected chi connectivity index (χ0v) is 34.0. The molecule has 8 N–H and O–H groups in total. The van der Waals surface area contributed by atoms with Crippen molar-refractivity contribution in [3.8, 4) is 23.0 Å². The summed E-state index contributed by atoms with van der Waals surface area (Å²) in [4.78, 5) is 48.8.